The maximum Gasteiger partial charge on any atom is 0.335 e. The summed E-state index contributed by atoms with van der Waals surface area (Å²) in [4.78, 5) is 11.2. The molecule has 3 nitrogen and oxygen atoms in total. The first-order valence-electron chi connectivity index (χ1n) is 5.12. The van der Waals surface area contributed by atoms with Crippen molar-refractivity contribution in [3.63, 3.8) is 0 Å². The molecule has 0 fully saturated rings. The highest BCUT2D eigenvalue weighted by Crippen LogP contribution is 2.28. The van der Waals surface area contributed by atoms with E-state index in [1.165, 1.54) is 7.11 Å². The molecule has 0 aliphatic rings. The number of ether oxygens (including phenoxy) is 1. The van der Waals surface area contributed by atoms with Crippen molar-refractivity contribution < 1.29 is 14.6 Å². The van der Waals surface area contributed by atoms with Crippen LogP contribution < -0.4 is 0 Å². The quantitative estimate of drug-likeness (QED) is 0.720. The zero-order valence-corrected chi connectivity index (χ0v) is 9.83. The lowest BCUT2D eigenvalue weighted by Gasteiger charge is -2.31. The molecule has 0 saturated heterocycles. The van der Waals surface area contributed by atoms with Crippen molar-refractivity contribution >= 4 is 5.97 Å². The first kappa shape index (κ1) is 13.4. The van der Waals surface area contributed by atoms with Gasteiger partial charge in [0, 0.05) is 7.11 Å². The molecular weight excluding hydrogens is 180 g/mol. The summed E-state index contributed by atoms with van der Waals surface area (Å²) in [7, 11) is 1.48. The molecule has 0 bridgehead atoms. The van der Waals surface area contributed by atoms with E-state index in [1.807, 2.05) is 27.7 Å². The molecule has 0 saturated carbocycles. The molecule has 84 valence electrons. The third kappa shape index (κ3) is 3.66. The van der Waals surface area contributed by atoms with Crippen molar-refractivity contribution in [3.05, 3.63) is 0 Å². The maximum absolute atomic E-state index is 11.2. The first-order valence-corrected chi connectivity index (χ1v) is 5.12. The summed E-state index contributed by atoms with van der Waals surface area (Å²) in [5.74, 6) is -0.197. The first-order chi connectivity index (χ1) is 6.34. The number of carboxylic acid groups (broad SMARTS) is 1. The van der Waals surface area contributed by atoms with E-state index in [2.05, 4.69) is 0 Å². The molecule has 0 unspecified atom stereocenters. The molecule has 0 heterocycles. The molecule has 0 aromatic heterocycles. The number of aliphatic carboxylic acids is 1. The molecule has 14 heavy (non-hydrogen) atoms. The molecule has 0 atom stereocenters. The minimum Gasteiger partial charge on any atom is -0.479 e. The van der Waals surface area contributed by atoms with Gasteiger partial charge in [0.2, 0.25) is 0 Å². The summed E-state index contributed by atoms with van der Waals surface area (Å²) in [5.41, 5.74) is -0.998. The predicted molar refractivity (Wildman–Crippen MR) is 56.3 cm³/mol. The minimum absolute atomic E-state index is 0.324. The second-order valence-electron chi connectivity index (χ2n) is 4.70. The number of rotatable bonds is 6. The van der Waals surface area contributed by atoms with Crippen molar-refractivity contribution in [1.82, 2.24) is 0 Å². The SMILES string of the molecule is COC(CC(C)C)(CC(C)C)C(=O)O. The predicted octanol–water partition coefficient (Wildman–Crippen LogP) is 2.55. The van der Waals surface area contributed by atoms with E-state index >= 15 is 0 Å². The summed E-state index contributed by atoms with van der Waals surface area (Å²) >= 11 is 0. The van der Waals surface area contributed by atoms with Crippen LogP contribution >= 0.6 is 0 Å². The highest BCUT2D eigenvalue weighted by molar-refractivity contribution is 5.77. The standard InChI is InChI=1S/C11H22O3/c1-8(2)6-11(14-5,10(12)13)7-9(3)4/h8-9H,6-7H2,1-5H3,(H,12,13). The van der Waals surface area contributed by atoms with Gasteiger partial charge in [0.15, 0.2) is 5.60 Å². The van der Waals surface area contributed by atoms with E-state index in [0.29, 0.717) is 24.7 Å². The van der Waals surface area contributed by atoms with E-state index in [4.69, 9.17) is 4.74 Å². The summed E-state index contributed by atoms with van der Waals surface area (Å²) in [6, 6.07) is 0. The van der Waals surface area contributed by atoms with Crippen molar-refractivity contribution in [2.24, 2.45) is 11.8 Å². The highest BCUT2D eigenvalue weighted by atomic mass is 16.5. The van der Waals surface area contributed by atoms with E-state index in [1.54, 1.807) is 0 Å². The Labute approximate surface area is 86.5 Å². The molecule has 0 spiro atoms. The Kier molecular flexibility index (Phi) is 5.13. The lowest BCUT2D eigenvalue weighted by atomic mass is 9.85. The summed E-state index contributed by atoms with van der Waals surface area (Å²) in [5, 5.41) is 9.20. The molecular formula is C11H22O3. The third-order valence-electron chi connectivity index (χ3n) is 2.26. The fourth-order valence-electron chi connectivity index (χ4n) is 1.83. The maximum atomic E-state index is 11.2. The van der Waals surface area contributed by atoms with E-state index in [9.17, 15) is 9.90 Å². The molecule has 0 rings (SSSR count). The molecule has 0 aromatic carbocycles. The van der Waals surface area contributed by atoms with Gasteiger partial charge in [0.05, 0.1) is 0 Å². The lowest BCUT2D eigenvalue weighted by Crippen LogP contribution is -2.43. The van der Waals surface area contributed by atoms with Crippen molar-refractivity contribution in [2.45, 2.75) is 46.1 Å². The van der Waals surface area contributed by atoms with Crippen LogP contribution in [0.3, 0.4) is 0 Å². The van der Waals surface area contributed by atoms with Gasteiger partial charge < -0.3 is 9.84 Å². The van der Waals surface area contributed by atoms with Crippen molar-refractivity contribution in [1.29, 1.82) is 0 Å². The number of hydrogen-bond donors (Lipinski definition) is 1. The Morgan fingerprint density at radius 3 is 1.71 bits per heavy atom. The molecule has 0 amide bonds. The third-order valence-corrected chi connectivity index (χ3v) is 2.26. The monoisotopic (exact) mass is 202 g/mol. The topological polar surface area (TPSA) is 46.5 Å². The van der Waals surface area contributed by atoms with Gasteiger partial charge in [-0.1, -0.05) is 27.7 Å². The van der Waals surface area contributed by atoms with E-state index in [0.717, 1.165) is 0 Å². The average molecular weight is 202 g/mol. The van der Waals surface area contributed by atoms with Gasteiger partial charge >= 0.3 is 5.97 Å². The largest absolute Gasteiger partial charge is 0.479 e. The van der Waals surface area contributed by atoms with Gasteiger partial charge in [-0.15, -0.1) is 0 Å². The number of hydrogen-bond acceptors (Lipinski definition) is 2. The normalized spacial score (nSPS) is 12.5. The summed E-state index contributed by atoms with van der Waals surface area (Å²) in [6.45, 7) is 8.04. The Morgan fingerprint density at radius 2 is 1.57 bits per heavy atom. The molecule has 0 aliphatic carbocycles. The van der Waals surface area contributed by atoms with Gasteiger partial charge in [-0.2, -0.15) is 0 Å². The van der Waals surface area contributed by atoms with Crippen LogP contribution in [0.2, 0.25) is 0 Å². The van der Waals surface area contributed by atoms with Gasteiger partial charge in [-0.3, -0.25) is 0 Å². The van der Waals surface area contributed by atoms with Gasteiger partial charge in [0.1, 0.15) is 0 Å². The number of carbonyl (C=O) groups is 1. The van der Waals surface area contributed by atoms with E-state index < -0.39 is 11.6 Å². The zero-order chi connectivity index (χ0) is 11.4. The number of methoxy groups -OCH3 is 1. The Bertz CT molecular complexity index is 175. The summed E-state index contributed by atoms with van der Waals surface area (Å²) < 4.78 is 5.22. The minimum atomic E-state index is -0.998. The smallest absolute Gasteiger partial charge is 0.335 e. The second kappa shape index (κ2) is 5.35. The van der Waals surface area contributed by atoms with Crippen LogP contribution in [0.15, 0.2) is 0 Å². The molecule has 3 heteroatoms. The summed E-state index contributed by atoms with van der Waals surface area (Å²) in [6.07, 6.45) is 1.13. The Morgan fingerprint density at radius 1 is 1.21 bits per heavy atom. The van der Waals surface area contributed by atoms with Crippen LogP contribution in [0.1, 0.15) is 40.5 Å². The molecule has 1 N–H and O–H groups in total. The highest BCUT2D eigenvalue weighted by Gasteiger charge is 2.39. The van der Waals surface area contributed by atoms with Crippen molar-refractivity contribution in [2.75, 3.05) is 7.11 Å². The Balaban J connectivity index is 4.69. The van der Waals surface area contributed by atoms with Gasteiger partial charge in [-0.05, 0) is 24.7 Å². The van der Waals surface area contributed by atoms with Crippen LogP contribution in [0.25, 0.3) is 0 Å². The van der Waals surface area contributed by atoms with Crippen LogP contribution in [0.4, 0.5) is 0 Å². The second-order valence-corrected chi connectivity index (χ2v) is 4.70. The van der Waals surface area contributed by atoms with E-state index in [-0.39, 0.29) is 0 Å². The zero-order valence-electron chi connectivity index (χ0n) is 9.83. The molecule has 0 aliphatic heterocycles. The van der Waals surface area contributed by atoms with Crippen molar-refractivity contribution in [3.8, 4) is 0 Å². The van der Waals surface area contributed by atoms with Gasteiger partial charge in [0.25, 0.3) is 0 Å². The Hall–Kier alpha value is -0.570. The molecule has 0 aromatic rings. The fraction of sp³-hybridized carbons (Fsp3) is 0.909. The lowest BCUT2D eigenvalue weighted by molar-refractivity contribution is -0.166. The van der Waals surface area contributed by atoms with Crippen LogP contribution in [-0.2, 0) is 9.53 Å². The fourth-order valence-corrected chi connectivity index (χ4v) is 1.83. The van der Waals surface area contributed by atoms with Crippen LogP contribution in [0, 0.1) is 11.8 Å². The van der Waals surface area contributed by atoms with Crippen LogP contribution in [0.5, 0.6) is 0 Å². The number of carboxylic acids is 1. The molecule has 0 radical (unpaired) electrons. The van der Waals surface area contributed by atoms with Gasteiger partial charge in [-0.25, -0.2) is 4.79 Å². The average Bonchev–Trinajstić information content (AvgIpc) is 2.00. The van der Waals surface area contributed by atoms with Crippen LogP contribution in [-0.4, -0.2) is 23.8 Å².